The van der Waals surface area contributed by atoms with Crippen LogP contribution in [-0.4, -0.2) is 155 Å². The zero-order chi connectivity index (χ0) is 29.4. The molecular weight excluding hydrogens is 584 g/mol. The van der Waals surface area contributed by atoms with E-state index in [1.165, 1.54) is 0 Å². The lowest BCUT2D eigenvalue weighted by molar-refractivity contribution is -0.0189. The molecule has 0 aromatic carbocycles. The smallest absolute Gasteiger partial charge is 0.394 e. The van der Waals surface area contributed by atoms with E-state index in [-0.39, 0.29) is 49.1 Å². The van der Waals surface area contributed by atoms with E-state index in [1.54, 1.807) is 0 Å². The third kappa shape index (κ3) is 27.2. The van der Waals surface area contributed by atoms with Crippen LogP contribution in [0.4, 0.5) is 0 Å². The van der Waals surface area contributed by atoms with E-state index in [0.717, 1.165) is 30.8 Å². The van der Waals surface area contributed by atoms with Crippen molar-refractivity contribution >= 4 is 29.4 Å². The Labute approximate surface area is 248 Å². The maximum absolute atomic E-state index is 8.79. The first-order valence-corrected chi connectivity index (χ1v) is 18.6. The molecule has 242 valence electrons. The lowest BCUT2D eigenvalue weighted by atomic mass is 10.4. The van der Waals surface area contributed by atoms with Crippen molar-refractivity contribution in [3.8, 4) is 0 Å². The maximum atomic E-state index is 8.79. The van der Waals surface area contributed by atoms with Crippen molar-refractivity contribution < 1.29 is 57.0 Å². The fourth-order valence-corrected chi connectivity index (χ4v) is 7.85. The van der Waals surface area contributed by atoms with Crippen LogP contribution in [0.5, 0.6) is 0 Å². The molecule has 0 saturated heterocycles. The quantitative estimate of drug-likeness (QED) is 0.0658. The lowest BCUT2D eigenvalue weighted by Crippen LogP contribution is -2.48. The Morgan fingerprint density at radius 1 is 0.500 bits per heavy atom. The molecule has 0 aromatic heterocycles. The van der Waals surface area contributed by atoms with Gasteiger partial charge in [-0.3, -0.25) is 0 Å². The largest absolute Gasteiger partial charge is 0.501 e. The van der Waals surface area contributed by atoms with Gasteiger partial charge in [-0.2, -0.15) is 0 Å². The van der Waals surface area contributed by atoms with Crippen LogP contribution in [0.3, 0.4) is 0 Å². The minimum absolute atomic E-state index is 0.0190. The molecular formula is C25H54O12S2Si. The number of hydrogen-bond acceptors (Lipinski definition) is 13. The van der Waals surface area contributed by atoms with Crippen molar-refractivity contribution in [3.05, 3.63) is 0 Å². The SMILES string of the molecule is CCCCS(=S)CCC[Si](OCCOCCOCCO)(OCCOCCOCCO)OCCOCCOCCO. The first-order valence-electron chi connectivity index (χ1n) is 14.2. The molecule has 40 heavy (non-hydrogen) atoms. The Hall–Kier alpha value is 0.307. The van der Waals surface area contributed by atoms with Crippen molar-refractivity contribution in [2.45, 2.75) is 32.2 Å². The van der Waals surface area contributed by atoms with E-state index in [0.29, 0.717) is 85.3 Å². The van der Waals surface area contributed by atoms with Gasteiger partial charge in [0.05, 0.1) is 119 Å². The zero-order valence-electron chi connectivity index (χ0n) is 24.3. The van der Waals surface area contributed by atoms with Crippen LogP contribution in [0.15, 0.2) is 0 Å². The Balaban J connectivity index is 4.91. The molecule has 0 radical (unpaired) electrons. The second-order valence-corrected chi connectivity index (χ2v) is 14.2. The number of hydrogen-bond donors (Lipinski definition) is 3. The molecule has 0 saturated carbocycles. The summed E-state index contributed by atoms with van der Waals surface area (Å²) in [5.41, 5.74) is 0. The topological polar surface area (TPSA) is 144 Å². The molecule has 0 aliphatic carbocycles. The summed E-state index contributed by atoms with van der Waals surface area (Å²) >= 11 is 5.67. The standard InChI is InChI=1S/C25H54O12S2Si/c1-2-3-23-39(38)24-4-25-40(35-20-17-32-14-11-29-8-5-26,36-21-18-33-15-12-30-9-6-27)37-22-19-34-16-13-31-10-7-28/h26-28H,2-25H2,1H3. The summed E-state index contributed by atoms with van der Waals surface area (Å²) < 4.78 is 51.3. The fraction of sp³-hybridized carbons (Fsp3) is 1.00. The Morgan fingerprint density at radius 2 is 0.825 bits per heavy atom. The lowest BCUT2D eigenvalue weighted by Gasteiger charge is -2.30. The molecule has 1 atom stereocenters. The summed E-state index contributed by atoms with van der Waals surface area (Å²) in [5.74, 6) is 1.96. The van der Waals surface area contributed by atoms with Crippen LogP contribution in [0.2, 0.25) is 6.04 Å². The molecule has 0 aliphatic rings. The normalized spacial score (nSPS) is 12.8. The summed E-state index contributed by atoms with van der Waals surface area (Å²) in [4.78, 5) is 0. The molecule has 0 aliphatic heterocycles. The predicted octanol–water partition coefficient (Wildman–Crippen LogP) is 0.322. The van der Waals surface area contributed by atoms with Gasteiger partial charge in [0.1, 0.15) is 0 Å². The molecule has 12 nitrogen and oxygen atoms in total. The minimum atomic E-state index is -3.11. The average molecular weight is 639 g/mol. The Bertz CT molecular complexity index is 490. The van der Waals surface area contributed by atoms with Gasteiger partial charge in [-0.05, 0) is 24.3 Å². The summed E-state index contributed by atoms with van der Waals surface area (Å²) in [5, 5.41) is 26.4. The van der Waals surface area contributed by atoms with E-state index in [9.17, 15) is 0 Å². The van der Waals surface area contributed by atoms with E-state index in [1.807, 2.05) is 0 Å². The Morgan fingerprint density at radius 3 is 1.18 bits per heavy atom. The third-order valence-corrected chi connectivity index (χ3v) is 10.4. The van der Waals surface area contributed by atoms with Crippen LogP contribution >= 0.6 is 0 Å². The van der Waals surface area contributed by atoms with Crippen LogP contribution < -0.4 is 0 Å². The third-order valence-electron chi connectivity index (χ3n) is 5.05. The summed E-state index contributed by atoms with van der Waals surface area (Å²) in [6.07, 6.45) is 3.11. The zero-order valence-corrected chi connectivity index (χ0v) is 26.9. The van der Waals surface area contributed by atoms with E-state index in [2.05, 4.69) is 6.92 Å². The minimum Gasteiger partial charge on any atom is -0.394 e. The van der Waals surface area contributed by atoms with E-state index < -0.39 is 8.80 Å². The molecule has 0 rings (SSSR count). The second kappa shape index (κ2) is 32.2. The highest BCUT2D eigenvalue weighted by molar-refractivity contribution is 8.28. The first kappa shape index (κ1) is 40.3. The number of ether oxygens (including phenoxy) is 6. The van der Waals surface area contributed by atoms with Gasteiger partial charge in [-0.1, -0.05) is 24.5 Å². The first-order chi connectivity index (χ1) is 19.6. The molecule has 3 N–H and O–H groups in total. The average Bonchev–Trinajstić information content (AvgIpc) is 2.96. The van der Waals surface area contributed by atoms with Gasteiger partial charge in [0, 0.05) is 6.04 Å². The molecule has 0 spiro atoms. The molecule has 0 aromatic rings. The van der Waals surface area contributed by atoms with Gasteiger partial charge in [0.25, 0.3) is 0 Å². The second-order valence-electron chi connectivity index (χ2n) is 8.38. The predicted molar refractivity (Wildman–Crippen MR) is 159 cm³/mol. The summed E-state index contributed by atoms with van der Waals surface area (Å²) in [7, 11) is -3.19. The van der Waals surface area contributed by atoms with Crippen molar-refractivity contribution in [1.82, 2.24) is 0 Å². The Kier molecular flexibility index (Phi) is 32.5. The molecule has 0 bridgehead atoms. The highest BCUT2D eigenvalue weighted by Gasteiger charge is 2.41. The molecule has 1 unspecified atom stereocenters. The van der Waals surface area contributed by atoms with Crippen LogP contribution in [0, 0.1) is 0 Å². The van der Waals surface area contributed by atoms with Crippen molar-refractivity contribution in [1.29, 1.82) is 0 Å². The van der Waals surface area contributed by atoms with Gasteiger partial charge in [0.15, 0.2) is 0 Å². The number of unbranched alkanes of at least 4 members (excludes halogenated alkanes) is 1. The van der Waals surface area contributed by atoms with Crippen molar-refractivity contribution in [2.24, 2.45) is 0 Å². The van der Waals surface area contributed by atoms with Crippen molar-refractivity contribution in [2.75, 3.05) is 130 Å². The van der Waals surface area contributed by atoms with Gasteiger partial charge in [0.2, 0.25) is 0 Å². The van der Waals surface area contributed by atoms with E-state index >= 15 is 0 Å². The molecule has 0 amide bonds. The fourth-order valence-electron chi connectivity index (χ4n) is 3.13. The van der Waals surface area contributed by atoms with Gasteiger partial charge in [-0.25, -0.2) is 0 Å². The van der Waals surface area contributed by atoms with Crippen LogP contribution in [0.25, 0.3) is 0 Å². The number of rotatable bonds is 34. The highest BCUT2D eigenvalue weighted by Crippen LogP contribution is 2.19. The summed E-state index contributed by atoms with van der Waals surface area (Å²) in [6.45, 7) is 7.29. The number of aliphatic hydroxyl groups is 3. The monoisotopic (exact) mass is 638 g/mol. The van der Waals surface area contributed by atoms with Crippen LogP contribution in [0.1, 0.15) is 26.2 Å². The van der Waals surface area contributed by atoms with Gasteiger partial charge >= 0.3 is 8.80 Å². The molecule has 0 heterocycles. The highest BCUT2D eigenvalue weighted by atomic mass is 32.8. The molecule has 0 fully saturated rings. The molecule has 15 heteroatoms. The summed E-state index contributed by atoms with van der Waals surface area (Å²) in [6, 6.07) is 0.623. The number of aliphatic hydroxyl groups excluding tert-OH is 3. The van der Waals surface area contributed by atoms with Gasteiger partial charge < -0.3 is 57.0 Å². The van der Waals surface area contributed by atoms with Gasteiger partial charge in [-0.15, -0.1) is 9.45 Å². The van der Waals surface area contributed by atoms with Crippen LogP contribution in [-0.2, 0) is 62.3 Å². The maximum Gasteiger partial charge on any atom is 0.501 e. The van der Waals surface area contributed by atoms with Crippen molar-refractivity contribution in [3.63, 3.8) is 0 Å². The van der Waals surface area contributed by atoms with E-state index in [4.69, 9.17) is 68.2 Å².